The maximum Gasteiger partial charge on any atom is 0.191 e. The van der Waals surface area contributed by atoms with Crippen molar-refractivity contribution in [3.05, 3.63) is 52.7 Å². The Kier molecular flexibility index (Phi) is 7.64. The molecular formula is C20H28FIN4O. The van der Waals surface area contributed by atoms with Gasteiger partial charge in [0.25, 0.3) is 0 Å². The van der Waals surface area contributed by atoms with E-state index >= 15 is 0 Å². The number of nitrogens with zero attached hydrogens (tertiary/aromatic N) is 2. The van der Waals surface area contributed by atoms with Crippen molar-refractivity contribution in [2.75, 3.05) is 13.6 Å². The third kappa shape index (κ3) is 5.00. The van der Waals surface area contributed by atoms with E-state index in [9.17, 15) is 4.39 Å². The van der Waals surface area contributed by atoms with E-state index < -0.39 is 0 Å². The van der Waals surface area contributed by atoms with Crippen LogP contribution in [0.15, 0.2) is 33.8 Å². The van der Waals surface area contributed by atoms with Crippen LogP contribution >= 0.6 is 24.0 Å². The monoisotopic (exact) mass is 486 g/mol. The summed E-state index contributed by atoms with van der Waals surface area (Å²) in [5, 5.41) is 10.9. The molecule has 0 bridgehead atoms. The molecule has 0 amide bonds. The van der Waals surface area contributed by atoms with E-state index in [1.807, 2.05) is 6.07 Å². The van der Waals surface area contributed by atoms with Crippen molar-refractivity contribution >= 4 is 29.9 Å². The molecule has 0 aliphatic heterocycles. The van der Waals surface area contributed by atoms with Crippen molar-refractivity contribution in [3.63, 3.8) is 0 Å². The second-order valence-corrected chi connectivity index (χ2v) is 6.81. The summed E-state index contributed by atoms with van der Waals surface area (Å²) in [7, 11) is 1.76. The molecule has 0 saturated heterocycles. The maximum atomic E-state index is 13.5. The summed E-state index contributed by atoms with van der Waals surface area (Å²) in [5.74, 6) is 1.48. The van der Waals surface area contributed by atoms with E-state index in [2.05, 4.69) is 34.6 Å². The molecule has 0 spiro atoms. The van der Waals surface area contributed by atoms with Crippen LogP contribution in [0.2, 0.25) is 0 Å². The Balaban J connectivity index is 0.00000261. The normalized spacial score (nSPS) is 15.2. The molecule has 5 nitrogen and oxygen atoms in total. The quantitative estimate of drug-likeness (QED) is 0.354. The number of hydrogen-bond donors (Lipinski definition) is 2. The summed E-state index contributed by atoms with van der Waals surface area (Å²) in [5.41, 5.74) is 3.17. The zero-order valence-electron chi connectivity index (χ0n) is 16.1. The van der Waals surface area contributed by atoms with Gasteiger partial charge in [-0.3, -0.25) is 4.99 Å². The standard InChI is InChI=1S/C20H27FN4O.HI/c1-4-17-16(18(5-2)26-25-17)12-23-19(22-3)24-13-20(9-10-20)14-7-6-8-15(21)11-14;/h6-8,11H,4-5,9-10,12-13H2,1-3H3,(H2,22,23,24);1H. The highest BCUT2D eigenvalue weighted by molar-refractivity contribution is 14.0. The molecule has 1 heterocycles. The first-order valence-corrected chi connectivity index (χ1v) is 9.28. The van der Waals surface area contributed by atoms with Gasteiger partial charge in [0.2, 0.25) is 0 Å². The average Bonchev–Trinajstić information content (AvgIpc) is 3.35. The van der Waals surface area contributed by atoms with Gasteiger partial charge in [0, 0.05) is 37.5 Å². The first-order chi connectivity index (χ1) is 12.6. The van der Waals surface area contributed by atoms with Crippen molar-refractivity contribution in [3.8, 4) is 0 Å². The van der Waals surface area contributed by atoms with E-state index in [0.717, 1.165) is 60.8 Å². The number of guanidine groups is 1. The second-order valence-electron chi connectivity index (χ2n) is 6.81. The van der Waals surface area contributed by atoms with Crippen LogP contribution in [0.25, 0.3) is 0 Å². The van der Waals surface area contributed by atoms with Gasteiger partial charge in [-0.05, 0) is 37.0 Å². The zero-order valence-corrected chi connectivity index (χ0v) is 18.5. The number of rotatable bonds is 7. The lowest BCUT2D eigenvalue weighted by Crippen LogP contribution is -2.41. The fraction of sp³-hybridized carbons (Fsp3) is 0.500. The molecular weight excluding hydrogens is 458 g/mol. The summed E-state index contributed by atoms with van der Waals surface area (Å²) in [4.78, 5) is 4.31. The van der Waals surface area contributed by atoms with Crippen molar-refractivity contribution in [1.29, 1.82) is 0 Å². The molecule has 0 radical (unpaired) electrons. The molecule has 0 atom stereocenters. The minimum absolute atomic E-state index is 0. The van der Waals surface area contributed by atoms with Crippen LogP contribution in [0.1, 0.15) is 49.3 Å². The van der Waals surface area contributed by atoms with Crippen LogP contribution in [0, 0.1) is 5.82 Å². The summed E-state index contributed by atoms with van der Waals surface area (Å²) in [6.07, 6.45) is 3.78. The van der Waals surface area contributed by atoms with Gasteiger partial charge in [-0.25, -0.2) is 4.39 Å². The maximum absolute atomic E-state index is 13.5. The highest BCUT2D eigenvalue weighted by Gasteiger charge is 2.44. The number of aliphatic imine (C=N–C) groups is 1. The molecule has 3 rings (SSSR count). The number of aryl methyl sites for hydroxylation is 2. The Hall–Kier alpha value is -1.64. The molecule has 2 aromatic rings. The summed E-state index contributed by atoms with van der Waals surface area (Å²) in [6.45, 7) is 5.50. The average molecular weight is 486 g/mol. The van der Waals surface area contributed by atoms with Crippen molar-refractivity contribution in [2.45, 2.75) is 51.5 Å². The van der Waals surface area contributed by atoms with Crippen LogP contribution < -0.4 is 10.6 Å². The zero-order chi connectivity index (χ0) is 18.6. The lowest BCUT2D eigenvalue weighted by atomic mass is 9.96. The Bertz CT molecular complexity index is 765. The lowest BCUT2D eigenvalue weighted by Gasteiger charge is -2.19. The van der Waals surface area contributed by atoms with Gasteiger partial charge >= 0.3 is 0 Å². The number of hydrogen-bond acceptors (Lipinski definition) is 3. The number of benzene rings is 1. The van der Waals surface area contributed by atoms with E-state index in [1.54, 1.807) is 19.2 Å². The van der Waals surface area contributed by atoms with Gasteiger partial charge in [0.1, 0.15) is 11.6 Å². The molecule has 27 heavy (non-hydrogen) atoms. The molecule has 148 valence electrons. The molecule has 1 aromatic heterocycles. The fourth-order valence-corrected chi connectivity index (χ4v) is 3.32. The number of halogens is 2. The Morgan fingerprint density at radius 3 is 2.63 bits per heavy atom. The summed E-state index contributed by atoms with van der Waals surface area (Å²) >= 11 is 0. The van der Waals surface area contributed by atoms with Crippen molar-refractivity contribution in [1.82, 2.24) is 15.8 Å². The highest BCUT2D eigenvalue weighted by atomic mass is 127. The van der Waals surface area contributed by atoms with Gasteiger partial charge in [-0.2, -0.15) is 0 Å². The van der Waals surface area contributed by atoms with E-state index in [-0.39, 0.29) is 35.2 Å². The Labute approximate surface area is 177 Å². The van der Waals surface area contributed by atoms with Crippen LogP contribution in [-0.2, 0) is 24.8 Å². The molecule has 1 saturated carbocycles. The predicted octanol–water partition coefficient (Wildman–Crippen LogP) is 3.95. The van der Waals surface area contributed by atoms with Gasteiger partial charge in [-0.1, -0.05) is 31.1 Å². The van der Waals surface area contributed by atoms with Crippen LogP contribution in [0.4, 0.5) is 4.39 Å². The SMILES string of the molecule is CCc1noc(CC)c1CNC(=NC)NCC1(c2cccc(F)c2)CC1.I. The highest BCUT2D eigenvalue weighted by Crippen LogP contribution is 2.47. The van der Waals surface area contributed by atoms with Crippen LogP contribution in [0.5, 0.6) is 0 Å². The first-order valence-electron chi connectivity index (χ1n) is 9.28. The van der Waals surface area contributed by atoms with E-state index in [0.29, 0.717) is 6.54 Å². The molecule has 1 fully saturated rings. The second kappa shape index (κ2) is 9.52. The molecule has 7 heteroatoms. The van der Waals surface area contributed by atoms with E-state index in [4.69, 9.17) is 4.52 Å². The molecule has 1 aliphatic carbocycles. The molecule has 1 aromatic carbocycles. The van der Waals surface area contributed by atoms with Crippen molar-refractivity contribution < 1.29 is 8.91 Å². The van der Waals surface area contributed by atoms with Gasteiger partial charge in [0.15, 0.2) is 5.96 Å². The topological polar surface area (TPSA) is 62.5 Å². The van der Waals surface area contributed by atoms with Gasteiger partial charge in [0.05, 0.1) is 5.69 Å². The van der Waals surface area contributed by atoms with Crippen LogP contribution in [0.3, 0.4) is 0 Å². The fourth-order valence-electron chi connectivity index (χ4n) is 3.32. The molecule has 1 aliphatic rings. The lowest BCUT2D eigenvalue weighted by molar-refractivity contribution is 0.380. The minimum atomic E-state index is -0.178. The predicted molar refractivity (Wildman–Crippen MR) is 116 cm³/mol. The van der Waals surface area contributed by atoms with Crippen LogP contribution in [-0.4, -0.2) is 24.7 Å². The van der Waals surface area contributed by atoms with Gasteiger partial charge in [-0.15, -0.1) is 24.0 Å². The summed E-state index contributed by atoms with van der Waals surface area (Å²) in [6, 6.07) is 6.92. The third-order valence-electron chi connectivity index (χ3n) is 5.15. The molecule has 2 N–H and O–H groups in total. The largest absolute Gasteiger partial charge is 0.361 e. The number of nitrogens with one attached hydrogen (secondary N) is 2. The number of aromatic nitrogens is 1. The third-order valence-corrected chi connectivity index (χ3v) is 5.15. The van der Waals surface area contributed by atoms with Crippen molar-refractivity contribution in [2.24, 2.45) is 4.99 Å². The Morgan fingerprint density at radius 2 is 2.04 bits per heavy atom. The molecule has 0 unspecified atom stereocenters. The smallest absolute Gasteiger partial charge is 0.191 e. The Morgan fingerprint density at radius 1 is 1.26 bits per heavy atom. The van der Waals surface area contributed by atoms with E-state index in [1.165, 1.54) is 6.07 Å². The van der Waals surface area contributed by atoms with Gasteiger partial charge < -0.3 is 15.2 Å². The first kappa shape index (κ1) is 21.7. The minimum Gasteiger partial charge on any atom is -0.361 e. The summed E-state index contributed by atoms with van der Waals surface area (Å²) < 4.78 is 18.9.